The second-order valence-electron chi connectivity index (χ2n) is 4.54. The maximum atomic E-state index is 11.6. The summed E-state index contributed by atoms with van der Waals surface area (Å²) in [6, 6.07) is 0.943. The third-order valence-corrected chi connectivity index (χ3v) is 2.63. The van der Waals surface area contributed by atoms with E-state index >= 15 is 0 Å². The van der Waals surface area contributed by atoms with Crippen molar-refractivity contribution in [1.29, 1.82) is 0 Å². The van der Waals surface area contributed by atoms with E-state index in [4.69, 9.17) is 0 Å². The Morgan fingerprint density at radius 2 is 2.06 bits per heavy atom. The van der Waals surface area contributed by atoms with E-state index in [0.717, 1.165) is 6.54 Å². The molecule has 0 unspecified atom stereocenters. The number of hydrogen-bond donors (Lipinski definition) is 2. The molecule has 0 radical (unpaired) electrons. The first-order chi connectivity index (χ1) is 8.02. The zero-order chi connectivity index (χ0) is 12.8. The van der Waals surface area contributed by atoms with Crippen molar-refractivity contribution >= 4 is 5.91 Å². The Labute approximate surface area is 102 Å². The molecule has 1 heterocycles. The number of hydrogen-bond acceptors (Lipinski definition) is 4. The van der Waals surface area contributed by atoms with Gasteiger partial charge in [0, 0.05) is 25.2 Å². The van der Waals surface area contributed by atoms with Crippen LogP contribution in [0.15, 0.2) is 6.20 Å². The Hall–Kier alpha value is -1.43. The van der Waals surface area contributed by atoms with E-state index in [1.807, 2.05) is 0 Å². The van der Waals surface area contributed by atoms with Gasteiger partial charge in [-0.1, -0.05) is 0 Å². The van der Waals surface area contributed by atoms with E-state index in [-0.39, 0.29) is 5.91 Å². The SMILES string of the molecule is CC(C)N(CCNC(=O)c1cn[nH]n1)C(C)C. The number of amides is 1. The Balaban J connectivity index is 2.34. The molecular weight excluding hydrogens is 218 g/mol. The van der Waals surface area contributed by atoms with E-state index in [1.54, 1.807) is 0 Å². The summed E-state index contributed by atoms with van der Waals surface area (Å²) in [7, 11) is 0. The fourth-order valence-corrected chi connectivity index (χ4v) is 1.81. The zero-order valence-electron chi connectivity index (χ0n) is 10.9. The van der Waals surface area contributed by atoms with Crippen molar-refractivity contribution in [3.05, 3.63) is 11.9 Å². The predicted octanol–water partition coefficient (Wildman–Crippen LogP) is 0.653. The Morgan fingerprint density at radius 1 is 1.41 bits per heavy atom. The minimum absolute atomic E-state index is 0.189. The van der Waals surface area contributed by atoms with Crippen LogP contribution >= 0.6 is 0 Å². The summed E-state index contributed by atoms with van der Waals surface area (Å²) in [5, 5.41) is 12.6. The van der Waals surface area contributed by atoms with Crippen LogP contribution in [0.4, 0.5) is 0 Å². The maximum absolute atomic E-state index is 11.6. The van der Waals surface area contributed by atoms with Gasteiger partial charge in [-0.05, 0) is 27.7 Å². The summed E-state index contributed by atoms with van der Waals surface area (Å²) >= 11 is 0. The monoisotopic (exact) mass is 239 g/mol. The standard InChI is InChI=1S/C11H21N5O/c1-8(2)16(9(3)4)6-5-12-11(17)10-7-13-15-14-10/h7-9H,5-6H2,1-4H3,(H,12,17)(H,13,14,15). The highest BCUT2D eigenvalue weighted by Gasteiger charge is 2.14. The Kier molecular flexibility index (Phi) is 5.09. The summed E-state index contributed by atoms with van der Waals surface area (Å²) in [6.07, 6.45) is 1.41. The molecule has 96 valence electrons. The molecule has 1 aromatic heterocycles. The summed E-state index contributed by atoms with van der Waals surface area (Å²) in [5.74, 6) is -0.189. The molecule has 0 spiro atoms. The van der Waals surface area contributed by atoms with Crippen LogP contribution in [0.2, 0.25) is 0 Å². The highest BCUT2D eigenvalue weighted by molar-refractivity contribution is 5.91. The lowest BCUT2D eigenvalue weighted by molar-refractivity contribution is 0.0934. The minimum Gasteiger partial charge on any atom is -0.349 e. The van der Waals surface area contributed by atoms with Gasteiger partial charge in [0.25, 0.3) is 5.91 Å². The lowest BCUT2D eigenvalue weighted by atomic mass is 10.2. The van der Waals surface area contributed by atoms with Gasteiger partial charge in [0.15, 0.2) is 5.69 Å². The van der Waals surface area contributed by atoms with Crippen LogP contribution in [-0.2, 0) is 0 Å². The first kappa shape index (κ1) is 13.6. The van der Waals surface area contributed by atoms with Crippen molar-refractivity contribution in [2.45, 2.75) is 39.8 Å². The van der Waals surface area contributed by atoms with E-state index < -0.39 is 0 Å². The lowest BCUT2D eigenvalue weighted by Gasteiger charge is -2.30. The van der Waals surface area contributed by atoms with E-state index in [2.05, 4.69) is 53.3 Å². The molecule has 1 amide bonds. The summed E-state index contributed by atoms with van der Waals surface area (Å²) in [5.41, 5.74) is 0.325. The van der Waals surface area contributed by atoms with Crippen LogP contribution in [0.5, 0.6) is 0 Å². The fraction of sp³-hybridized carbons (Fsp3) is 0.727. The first-order valence-electron chi connectivity index (χ1n) is 5.92. The summed E-state index contributed by atoms with van der Waals surface area (Å²) in [6.45, 7) is 10.1. The van der Waals surface area contributed by atoms with Gasteiger partial charge < -0.3 is 5.32 Å². The van der Waals surface area contributed by atoms with Gasteiger partial charge in [-0.25, -0.2) is 0 Å². The number of nitrogens with zero attached hydrogens (tertiary/aromatic N) is 3. The number of carbonyl (C=O) groups is 1. The molecule has 6 nitrogen and oxygen atoms in total. The molecule has 0 aliphatic carbocycles. The number of H-pyrrole nitrogens is 1. The van der Waals surface area contributed by atoms with Crippen molar-refractivity contribution < 1.29 is 4.79 Å². The topological polar surface area (TPSA) is 73.9 Å². The summed E-state index contributed by atoms with van der Waals surface area (Å²) < 4.78 is 0. The third kappa shape index (κ3) is 4.14. The molecule has 0 aliphatic rings. The average molecular weight is 239 g/mol. The van der Waals surface area contributed by atoms with Crippen LogP contribution in [-0.4, -0.2) is 51.4 Å². The summed E-state index contributed by atoms with van der Waals surface area (Å²) in [4.78, 5) is 13.9. The smallest absolute Gasteiger partial charge is 0.273 e. The molecule has 0 saturated heterocycles. The normalized spacial score (nSPS) is 11.5. The fourth-order valence-electron chi connectivity index (χ4n) is 1.81. The molecule has 1 aromatic rings. The van der Waals surface area contributed by atoms with Crippen molar-refractivity contribution in [2.75, 3.05) is 13.1 Å². The van der Waals surface area contributed by atoms with Crippen molar-refractivity contribution in [2.24, 2.45) is 0 Å². The van der Waals surface area contributed by atoms with Crippen molar-refractivity contribution in [3.63, 3.8) is 0 Å². The number of aromatic amines is 1. The lowest BCUT2D eigenvalue weighted by Crippen LogP contribution is -2.42. The molecule has 0 fully saturated rings. The van der Waals surface area contributed by atoms with Crippen LogP contribution in [0.3, 0.4) is 0 Å². The highest BCUT2D eigenvalue weighted by Crippen LogP contribution is 2.03. The second-order valence-corrected chi connectivity index (χ2v) is 4.54. The molecule has 0 aliphatic heterocycles. The Bertz CT molecular complexity index is 326. The van der Waals surface area contributed by atoms with Crippen molar-refractivity contribution in [1.82, 2.24) is 25.6 Å². The molecule has 17 heavy (non-hydrogen) atoms. The number of nitrogens with one attached hydrogen (secondary N) is 2. The maximum Gasteiger partial charge on any atom is 0.273 e. The number of carbonyl (C=O) groups excluding carboxylic acids is 1. The average Bonchev–Trinajstić information content (AvgIpc) is 2.76. The van der Waals surface area contributed by atoms with Gasteiger partial charge in [0.05, 0.1) is 6.20 Å². The van der Waals surface area contributed by atoms with Crippen LogP contribution in [0.1, 0.15) is 38.2 Å². The quantitative estimate of drug-likeness (QED) is 0.764. The number of rotatable bonds is 6. The predicted molar refractivity (Wildman–Crippen MR) is 65.7 cm³/mol. The first-order valence-corrected chi connectivity index (χ1v) is 5.92. The minimum atomic E-state index is -0.189. The van der Waals surface area contributed by atoms with E-state index in [0.29, 0.717) is 24.3 Å². The van der Waals surface area contributed by atoms with Gasteiger partial charge in [0.2, 0.25) is 0 Å². The highest BCUT2D eigenvalue weighted by atomic mass is 16.1. The molecule has 0 aromatic carbocycles. The van der Waals surface area contributed by atoms with E-state index in [1.165, 1.54) is 6.20 Å². The molecular formula is C11H21N5O. The van der Waals surface area contributed by atoms with Gasteiger partial charge in [0.1, 0.15) is 0 Å². The van der Waals surface area contributed by atoms with Crippen molar-refractivity contribution in [3.8, 4) is 0 Å². The van der Waals surface area contributed by atoms with Gasteiger partial charge >= 0.3 is 0 Å². The molecule has 0 bridgehead atoms. The largest absolute Gasteiger partial charge is 0.349 e. The zero-order valence-corrected chi connectivity index (χ0v) is 10.9. The van der Waals surface area contributed by atoms with Crippen LogP contribution in [0, 0.1) is 0 Å². The second kappa shape index (κ2) is 6.34. The van der Waals surface area contributed by atoms with Gasteiger partial charge in [-0.3, -0.25) is 9.69 Å². The molecule has 2 N–H and O–H groups in total. The van der Waals surface area contributed by atoms with Gasteiger partial charge in [-0.2, -0.15) is 15.4 Å². The Morgan fingerprint density at radius 3 is 2.53 bits per heavy atom. The number of aromatic nitrogens is 3. The van der Waals surface area contributed by atoms with Crippen LogP contribution < -0.4 is 5.32 Å². The van der Waals surface area contributed by atoms with Gasteiger partial charge in [-0.15, -0.1) is 0 Å². The molecule has 0 atom stereocenters. The third-order valence-electron chi connectivity index (χ3n) is 2.63. The molecule has 0 saturated carbocycles. The van der Waals surface area contributed by atoms with E-state index in [9.17, 15) is 4.79 Å². The van der Waals surface area contributed by atoms with Crippen LogP contribution in [0.25, 0.3) is 0 Å². The molecule has 1 rings (SSSR count). The molecule has 6 heteroatoms.